The number of Topliss-reactive ketones (excluding diaryl/α,β-unsaturated/α-hetero) is 1. The molecule has 0 bridgehead atoms. The second-order valence-electron chi connectivity index (χ2n) is 6.96. The summed E-state index contributed by atoms with van der Waals surface area (Å²) >= 11 is 0. The molecule has 0 N–H and O–H groups in total. The van der Waals surface area contributed by atoms with Gasteiger partial charge in [0, 0.05) is 24.1 Å². The zero-order valence-electron chi connectivity index (χ0n) is 16.3. The Labute approximate surface area is 158 Å². The van der Waals surface area contributed by atoms with Crippen molar-refractivity contribution in [2.24, 2.45) is 0 Å². The molecule has 0 unspecified atom stereocenters. The fourth-order valence-corrected chi connectivity index (χ4v) is 2.85. The molecule has 0 spiro atoms. The molecule has 0 aliphatic carbocycles. The van der Waals surface area contributed by atoms with E-state index in [1.54, 1.807) is 0 Å². The van der Waals surface area contributed by atoms with Crippen molar-refractivity contribution in [2.75, 3.05) is 27.2 Å². The van der Waals surface area contributed by atoms with Crippen LogP contribution in [0, 0.1) is 0 Å². The molecular weight excluding hydrogens is 322 g/mol. The van der Waals surface area contributed by atoms with E-state index in [4.69, 9.17) is 4.74 Å². The molecule has 0 heterocycles. The predicted octanol–water partition coefficient (Wildman–Crippen LogP) is 5.45. The van der Waals surface area contributed by atoms with Gasteiger partial charge in [0.1, 0.15) is 5.75 Å². The van der Waals surface area contributed by atoms with Crippen LogP contribution >= 0.6 is 0 Å². The van der Waals surface area contributed by atoms with Crippen LogP contribution in [0.5, 0.6) is 5.75 Å². The summed E-state index contributed by atoms with van der Waals surface area (Å²) in [5.41, 5.74) is 2.83. The van der Waals surface area contributed by atoms with Gasteiger partial charge in [0.05, 0.1) is 6.61 Å². The van der Waals surface area contributed by atoms with Crippen LogP contribution in [-0.4, -0.2) is 37.9 Å². The highest BCUT2D eigenvalue weighted by molar-refractivity contribution is 5.97. The summed E-state index contributed by atoms with van der Waals surface area (Å²) in [6, 6.07) is 16.0. The fourth-order valence-electron chi connectivity index (χ4n) is 2.85. The van der Waals surface area contributed by atoms with E-state index >= 15 is 0 Å². The van der Waals surface area contributed by atoms with Crippen LogP contribution in [0.4, 0.5) is 0 Å². The molecule has 0 aliphatic heterocycles. The SMILES string of the molecule is CCCCCCOc1ccc(C(=O)CCN(C)C)cc1-c1ccccc1. The molecule has 2 aromatic rings. The quantitative estimate of drug-likeness (QED) is 0.397. The molecule has 2 rings (SSSR count). The molecular formula is C23H31NO2. The second kappa shape index (κ2) is 10.8. The van der Waals surface area contributed by atoms with Gasteiger partial charge in [-0.3, -0.25) is 4.79 Å². The largest absolute Gasteiger partial charge is 0.493 e. The Morgan fingerprint density at radius 1 is 1.00 bits per heavy atom. The number of rotatable bonds is 11. The average Bonchev–Trinajstić information content (AvgIpc) is 2.66. The van der Waals surface area contributed by atoms with Gasteiger partial charge in [0.2, 0.25) is 0 Å². The summed E-state index contributed by atoms with van der Waals surface area (Å²) in [6.07, 6.45) is 5.25. The zero-order valence-corrected chi connectivity index (χ0v) is 16.3. The topological polar surface area (TPSA) is 29.5 Å². The first kappa shape index (κ1) is 20.2. The van der Waals surface area contributed by atoms with Gasteiger partial charge in [0.15, 0.2) is 5.78 Å². The van der Waals surface area contributed by atoms with Crippen molar-refractivity contribution in [3.8, 4) is 16.9 Å². The van der Waals surface area contributed by atoms with Gasteiger partial charge < -0.3 is 9.64 Å². The van der Waals surface area contributed by atoms with Crippen molar-refractivity contribution >= 4 is 5.78 Å². The number of nitrogens with zero attached hydrogens (tertiary/aromatic N) is 1. The summed E-state index contributed by atoms with van der Waals surface area (Å²) in [7, 11) is 3.97. The predicted molar refractivity (Wildman–Crippen MR) is 109 cm³/mol. The van der Waals surface area contributed by atoms with Crippen LogP contribution in [0.2, 0.25) is 0 Å². The first-order valence-corrected chi connectivity index (χ1v) is 9.62. The van der Waals surface area contributed by atoms with Gasteiger partial charge in [0.25, 0.3) is 0 Å². The molecule has 2 aromatic carbocycles. The maximum Gasteiger partial charge on any atom is 0.164 e. The number of ketones is 1. The number of unbranched alkanes of at least 4 members (excludes halogenated alkanes) is 3. The van der Waals surface area contributed by atoms with Gasteiger partial charge in [-0.15, -0.1) is 0 Å². The summed E-state index contributed by atoms with van der Waals surface area (Å²) in [6.45, 7) is 3.68. The molecule has 26 heavy (non-hydrogen) atoms. The highest BCUT2D eigenvalue weighted by atomic mass is 16.5. The minimum atomic E-state index is 0.172. The average molecular weight is 354 g/mol. The first-order valence-electron chi connectivity index (χ1n) is 9.62. The smallest absolute Gasteiger partial charge is 0.164 e. The van der Waals surface area contributed by atoms with E-state index in [1.165, 1.54) is 19.3 Å². The maximum atomic E-state index is 12.5. The van der Waals surface area contributed by atoms with E-state index in [0.29, 0.717) is 13.0 Å². The van der Waals surface area contributed by atoms with E-state index in [1.807, 2.05) is 55.4 Å². The molecule has 0 aliphatic rings. The van der Waals surface area contributed by atoms with E-state index in [9.17, 15) is 4.79 Å². The number of ether oxygens (including phenoxy) is 1. The van der Waals surface area contributed by atoms with Crippen molar-refractivity contribution in [3.63, 3.8) is 0 Å². The number of hydrogen-bond donors (Lipinski definition) is 0. The Morgan fingerprint density at radius 2 is 1.77 bits per heavy atom. The van der Waals surface area contributed by atoms with Crippen molar-refractivity contribution in [2.45, 2.75) is 39.0 Å². The lowest BCUT2D eigenvalue weighted by Crippen LogP contribution is -2.16. The maximum absolute atomic E-state index is 12.5. The lowest BCUT2D eigenvalue weighted by molar-refractivity contribution is 0.0972. The number of benzene rings is 2. The highest BCUT2D eigenvalue weighted by Gasteiger charge is 2.12. The third-order valence-electron chi connectivity index (χ3n) is 4.43. The third kappa shape index (κ3) is 6.30. The van der Waals surface area contributed by atoms with Crippen LogP contribution in [0.3, 0.4) is 0 Å². The molecule has 0 atom stereocenters. The summed E-state index contributed by atoms with van der Waals surface area (Å²) in [5, 5.41) is 0. The fraction of sp³-hybridized carbons (Fsp3) is 0.435. The molecule has 0 amide bonds. The van der Waals surface area contributed by atoms with Gasteiger partial charge >= 0.3 is 0 Å². The molecule has 3 nitrogen and oxygen atoms in total. The minimum Gasteiger partial charge on any atom is -0.493 e. The standard InChI is InChI=1S/C23H31NO2/c1-4-5-6-10-17-26-23-14-13-20(22(25)15-16-24(2)3)18-21(23)19-11-8-7-9-12-19/h7-9,11-14,18H,4-6,10,15-17H2,1-3H3. The number of carbonyl (C=O) groups is 1. The molecule has 0 radical (unpaired) electrons. The molecule has 140 valence electrons. The monoisotopic (exact) mass is 353 g/mol. The zero-order chi connectivity index (χ0) is 18.8. The summed E-state index contributed by atoms with van der Waals surface area (Å²) in [4.78, 5) is 14.5. The Balaban J connectivity index is 2.18. The van der Waals surface area contributed by atoms with Crippen molar-refractivity contribution < 1.29 is 9.53 Å². The molecule has 0 fully saturated rings. The van der Waals surface area contributed by atoms with Gasteiger partial charge in [-0.2, -0.15) is 0 Å². The van der Waals surface area contributed by atoms with Crippen LogP contribution in [0.1, 0.15) is 49.4 Å². The van der Waals surface area contributed by atoms with Crippen LogP contribution in [0.15, 0.2) is 48.5 Å². The highest BCUT2D eigenvalue weighted by Crippen LogP contribution is 2.31. The van der Waals surface area contributed by atoms with Crippen LogP contribution in [0.25, 0.3) is 11.1 Å². The lowest BCUT2D eigenvalue weighted by atomic mass is 9.99. The van der Waals surface area contributed by atoms with Crippen LogP contribution < -0.4 is 4.74 Å². The van der Waals surface area contributed by atoms with E-state index in [0.717, 1.165) is 35.4 Å². The van der Waals surface area contributed by atoms with Gasteiger partial charge in [-0.1, -0.05) is 56.5 Å². The van der Waals surface area contributed by atoms with Crippen molar-refractivity contribution in [1.82, 2.24) is 4.90 Å². The van der Waals surface area contributed by atoms with Crippen LogP contribution in [-0.2, 0) is 0 Å². The lowest BCUT2D eigenvalue weighted by Gasteiger charge is -2.14. The Hall–Kier alpha value is -2.13. The molecule has 0 saturated heterocycles. The number of hydrogen-bond acceptors (Lipinski definition) is 3. The number of carbonyl (C=O) groups excluding carboxylic acids is 1. The van der Waals surface area contributed by atoms with Crippen molar-refractivity contribution in [3.05, 3.63) is 54.1 Å². The minimum absolute atomic E-state index is 0.172. The first-order chi connectivity index (χ1) is 12.6. The summed E-state index contributed by atoms with van der Waals surface area (Å²) < 4.78 is 6.05. The molecule has 0 aromatic heterocycles. The third-order valence-corrected chi connectivity index (χ3v) is 4.43. The Bertz CT molecular complexity index is 680. The molecule has 3 heteroatoms. The Morgan fingerprint density at radius 3 is 2.46 bits per heavy atom. The van der Waals surface area contributed by atoms with Crippen molar-refractivity contribution in [1.29, 1.82) is 0 Å². The molecule has 0 saturated carbocycles. The Kier molecular flexibility index (Phi) is 8.36. The summed E-state index contributed by atoms with van der Waals surface area (Å²) in [5.74, 6) is 1.03. The van der Waals surface area contributed by atoms with E-state index in [2.05, 4.69) is 19.1 Å². The van der Waals surface area contributed by atoms with E-state index in [-0.39, 0.29) is 5.78 Å². The second-order valence-corrected chi connectivity index (χ2v) is 6.96. The van der Waals surface area contributed by atoms with Gasteiger partial charge in [-0.25, -0.2) is 0 Å². The normalized spacial score (nSPS) is 10.9. The van der Waals surface area contributed by atoms with E-state index < -0.39 is 0 Å². The van der Waals surface area contributed by atoms with Gasteiger partial charge in [-0.05, 0) is 44.3 Å².